The number of aryl methyl sites for hydroxylation is 2. The summed E-state index contributed by atoms with van der Waals surface area (Å²) in [5.41, 5.74) is 4.42. The van der Waals surface area contributed by atoms with Crippen LogP contribution in [0.3, 0.4) is 0 Å². The molecule has 8 heteroatoms. The number of rotatable bonds is 6. The molecule has 4 rings (SSSR count). The first-order chi connectivity index (χ1) is 15.3. The quantitative estimate of drug-likeness (QED) is 0.396. The first-order valence-corrected chi connectivity index (χ1v) is 12.2. The fraction of sp³-hybridized carbons (Fsp3) is 0.0833. The lowest BCUT2D eigenvalue weighted by Crippen LogP contribution is -2.18. The number of para-hydroxylation sites is 1. The highest BCUT2D eigenvalue weighted by atomic mass is 32.2. The number of carbonyl (C=O) groups is 1. The highest BCUT2D eigenvalue weighted by Gasteiger charge is 2.19. The molecule has 0 bridgehead atoms. The predicted molar refractivity (Wildman–Crippen MR) is 129 cm³/mol. The van der Waals surface area contributed by atoms with Crippen LogP contribution < -0.4 is 10.0 Å². The van der Waals surface area contributed by atoms with Crippen molar-refractivity contribution in [1.82, 2.24) is 4.98 Å². The number of aromatic nitrogens is 1. The number of hydrogen-bond acceptors (Lipinski definition) is 5. The largest absolute Gasteiger partial charge is 0.298 e. The second-order valence-corrected chi connectivity index (χ2v) is 9.82. The highest BCUT2D eigenvalue weighted by Crippen LogP contribution is 2.29. The standard InChI is InChI=1S/C24H21N3O3S2/c1-16-12-13-17(2)20(14-16)22-15-31-24(25-22)26-23(28)19-10-6-7-11-21(19)27-32(29,30)18-8-4-3-5-9-18/h3-15,27H,1-2H3,(H,25,26,28). The van der Waals surface area contributed by atoms with Crippen LogP contribution in [0.4, 0.5) is 10.8 Å². The van der Waals surface area contributed by atoms with Crippen LogP contribution in [0.25, 0.3) is 11.3 Å². The van der Waals surface area contributed by atoms with Crippen LogP contribution >= 0.6 is 11.3 Å². The monoisotopic (exact) mass is 463 g/mol. The van der Waals surface area contributed by atoms with Crippen molar-refractivity contribution in [3.63, 3.8) is 0 Å². The molecule has 1 heterocycles. The van der Waals surface area contributed by atoms with Crippen molar-refractivity contribution in [3.8, 4) is 11.3 Å². The van der Waals surface area contributed by atoms with E-state index in [2.05, 4.69) is 21.1 Å². The third-order valence-corrected chi connectivity index (χ3v) is 7.00. The zero-order chi connectivity index (χ0) is 22.7. The van der Waals surface area contributed by atoms with E-state index >= 15 is 0 Å². The van der Waals surface area contributed by atoms with Gasteiger partial charge >= 0.3 is 0 Å². The Hall–Kier alpha value is -3.49. The molecule has 2 N–H and O–H groups in total. The average molecular weight is 464 g/mol. The van der Waals surface area contributed by atoms with Gasteiger partial charge in [0, 0.05) is 10.9 Å². The number of amides is 1. The lowest BCUT2D eigenvalue weighted by atomic mass is 10.0. The molecule has 0 unspecified atom stereocenters. The Bertz CT molecular complexity index is 1380. The first kappa shape index (κ1) is 21.7. The Labute approximate surface area is 191 Å². The van der Waals surface area contributed by atoms with Crippen molar-refractivity contribution in [2.45, 2.75) is 18.7 Å². The number of hydrogen-bond donors (Lipinski definition) is 2. The Kier molecular flexibility index (Phi) is 6.07. The van der Waals surface area contributed by atoms with Crippen molar-refractivity contribution >= 4 is 38.1 Å². The topological polar surface area (TPSA) is 88.2 Å². The van der Waals surface area contributed by atoms with E-state index in [9.17, 15) is 13.2 Å². The smallest absolute Gasteiger partial charge is 0.261 e. The molecule has 1 amide bonds. The number of thiazole rings is 1. The molecule has 0 aliphatic heterocycles. The zero-order valence-electron chi connectivity index (χ0n) is 17.5. The van der Waals surface area contributed by atoms with Crippen molar-refractivity contribution in [2.24, 2.45) is 0 Å². The fourth-order valence-corrected chi connectivity index (χ4v) is 5.01. The Morgan fingerprint density at radius 1 is 0.938 bits per heavy atom. The van der Waals surface area contributed by atoms with Crippen LogP contribution in [0, 0.1) is 13.8 Å². The fourth-order valence-electron chi connectivity index (χ4n) is 3.20. The summed E-state index contributed by atoms with van der Waals surface area (Å²) in [7, 11) is -3.83. The highest BCUT2D eigenvalue weighted by molar-refractivity contribution is 7.92. The van der Waals surface area contributed by atoms with Gasteiger partial charge in [0.2, 0.25) is 0 Å². The van der Waals surface area contributed by atoms with E-state index in [0.717, 1.165) is 22.4 Å². The van der Waals surface area contributed by atoms with E-state index in [1.54, 1.807) is 42.5 Å². The molecule has 0 radical (unpaired) electrons. The minimum atomic E-state index is -3.83. The summed E-state index contributed by atoms with van der Waals surface area (Å²) >= 11 is 1.32. The van der Waals surface area contributed by atoms with Gasteiger partial charge in [0.1, 0.15) is 0 Å². The summed E-state index contributed by atoms with van der Waals surface area (Å²) in [6.45, 7) is 4.03. The summed E-state index contributed by atoms with van der Waals surface area (Å²) in [6, 6.07) is 20.6. The minimum absolute atomic E-state index is 0.119. The molecular weight excluding hydrogens is 442 g/mol. The molecule has 162 valence electrons. The summed E-state index contributed by atoms with van der Waals surface area (Å²) in [6.07, 6.45) is 0. The normalized spacial score (nSPS) is 11.2. The maximum absolute atomic E-state index is 12.9. The molecule has 0 spiro atoms. The minimum Gasteiger partial charge on any atom is -0.298 e. The van der Waals surface area contributed by atoms with Gasteiger partial charge in [-0.3, -0.25) is 14.8 Å². The number of anilines is 2. The van der Waals surface area contributed by atoms with Crippen molar-refractivity contribution in [3.05, 3.63) is 94.9 Å². The number of carbonyl (C=O) groups excluding carboxylic acids is 1. The summed E-state index contributed by atoms with van der Waals surface area (Å²) in [5.74, 6) is -0.446. The molecule has 3 aromatic carbocycles. The van der Waals surface area contributed by atoms with Crippen molar-refractivity contribution < 1.29 is 13.2 Å². The molecule has 0 saturated heterocycles. The molecule has 32 heavy (non-hydrogen) atoms. The number of benzene rings is 3. The number of nitrogens with zero attached hydrogens (tertiary/aromatic N) is 1. The van der Waals surface area contributed by atoms with Gasteiger partial charge in [-0.05, 0) is 49.7 Å². The average Bonchev–Trinajstić information content (AvgIpc) is 3.24. The van der Waals surface area contributed by atoms with E-state index < -0.39 is 15.9 Å². The van der Waals surface area contributed by atoms with Gasteiger partial charge in [0.05, 0.1) is 21.8 Å². The Balaban J connectivity index is 1.57. The van der Waals surface area contributed by atoms with Crippen molar-refractivity contribution in [1.29, 1.82) is 0 Å². The van der Waals surface area contributed by atoms with Gasteiger partial charge in [-0.2, -0.15) is 0 Å². The molecule has 1 aromatic heterocycles. The Morgan fingerprint density at radius 3 is 2.44 bits per heavy atom. The van der Waals surface area contributed by atoms with Crippen LogP contribution in [0.1, 0.15) is 21.5 Å². The van der Waals surface area contributed by atoms with Crippen LogP contribution in [0.15, 0.2) is 83.1 Å². The molecule has 0 aliphatic carbocycles. The number of nitrogens with one attached hydrogen (secondary N) is 2. The molecule has 4 aromatic rings. The lowest BCUT2D eigenvalue weighted by Gasteiger charge is -2.12. The molecular formula is C24H21N3O3S2. The van der Waals surface area contributed by atoms with Crippen LogP contribution in [-0.4, -0.2) is 19.3 Å². The van der Waals surface area contributed by atoms with E-state index in [-0.39, 0.29) is 16.1 Å². The molecule has 0 aliphatic rings. The summed E-state index contributed by atoms with van der Waals surface area (Å²) in [4.78, 5) is 17.6. The summed E-state index contributed by atoms with van der Waals surface area (Å²) < 4.78 is 27.9. The summed E-state index contributed by atoms with van der Waals surface area (Å²) in [5, 5.41) is 5.11. The second kappa shape index (κ2) is 8.94. The maximum Gasteiger partial charge on any atom is 0.261 e. The van der Waals surface area contributed by atoms with Crippen LogP contribution in [0.5, 0.6) is 0 Å². The molecule has 0 fully saturated rings. The maximum atomic E-state index is 12.9. The lowest BCUT2D eigenvalue weighted by molar-refractivity contribution is 0.102. The third kappa shape index (κ3) is 4.71. The second-order valence-electron chi connectivity index (χ2n) is 7.27. The van der Waals surface area contributed by atoms with Gasteiger partial charge in [-0.15, -0.1) is 11.3 Å². The zero-order valence-corrected chi connectivity index (χ0v) is 19.1. The van der Waals surface area contributed by atoms with Gasteiger partial charge in [-0.25, -0.2) is 13.4 Å². The van der Waals surface area contributed by atoms with E-state index in [1.807, 2.05) is 31.4 Å². The van der Waals surface area contributed by atoms with Gasteiger partial charge in [0.25, 0.3) is 15.9 Å². The van der Waals surface area contributed by atoms with E-state index in [0.29, 0.717) is 5.13 Å². The van der Waals surface area contributed by atoms with Crippen LogP contribution in [-0.2, 0) is 10.0 Å². The third-order valence-electron chi connectivity index (χ3n) is 4.86. The Morgan fingerprint density at radius 2 is 1.66 bits per heavy atom. The SMILES string of the molecule is Cc1ccc(C)c(-c2csc(NC(=O)c3ccccc3NS(=O)(=O)c3ccccc3)n2)c1. The van der Waals surface area contributed by atoms with E-state index in [1.165, 1.54) is 23.5 Å². The molecule has 6 nitrogen and oxygen atoms in total. The molecule has 0 atom stereocenters. The first-order valence-electron chi connectivity index (χ1n) is 9.85. The van der Waals surface area contributed by atoms with Crippen molar-refractivity contribution in [2.75, 3.05) is 10.0 Å². The molecule has 0 saturated carbocycles. The predicted octanol–water partition coefficient (Wildman–Crippen LogP) is 5.48. The van der Waals surface area contributed by atoms with Gasteiger partial charge in [-0.1, -0.05) is 48.0 Å². The van der Waals surface area contributed by atoms with E-state index in [4.69, 9.17) is 0 Å². The number of sulfonamides is 1. The van der Waals surface area contributed by atoms with Gasteiger partial charge < -0.3 is 0 Å². The van der Waals surface area contributed by atoms with Gasteiger partial charge in [0.15, 0.2) is 5.13 Å². The van der Waals surface area contributed by atoms with Crippen LogP contribution in [0.2, 0.25) is 0 Å².